The number of nitrogens with two attached hydrogens (primary N) is 2. The fraction of sp³-hybridized carbons (Fsp3) is 0.900. The van der Waals surface area contributed by atoms with Gasteiger partial charge in [-0.2, -0.15) is 0 Å². The number of aldehydes is 1. The first-order chi connectivity index (χ1) is 6.66. The van der Waals surface area contributed by atoms with Gasteiger partial charge >= 0.3 is 0 Å². The molecule has 0 heterocycles. The first-order valence-electron chi connectivity index (χ1n) is 5.34. The Kier molecular flexibility index (Phi) is 8.83. The predicted molar refractivity (Wildman–Crippen MR) is 59.0 cm³/mol. The molecule has 0 bridgehead atoms. The van der Waals surface area contributed by atoms with Crippen LogP contribution in [0.2, 0.25) is 0 Å². The molecule has 0 radical (unpaired) electrons. The van der Waals surface area contributed by atoms with E-state index in [1.54, 1.807) is 0 Å². The van der Waals surface area contributed by atoms with Gasteiger partial charge in [0, 0.05) is 6.04 Å². The minimum atomic E-state index is -0.313. The van der Waals surface area contributed by atoms with Gasteiger partial charge in [-0.15, -0.1) is 0 Å². The molecule has 0 amide bonds. The predicted octanol–water partition coefficient (Wildman–Crippen LogP) is 0.00980. The molecule has 0 rings (SSSR count). The molecule has 84 valence electrons. The van der Waals surface area contributed by atoms with Crippen LogP contribution in [0.4, 0.5) is 0 Å². The van der Waals surface area contributed by atoms with Gasteiger partial charge in [-0.05, 0) is 39.3 Å². The highest BCUT2D eigenvalue weighted by atomic mass is 16.1. The second kappa shape index (κ2) is 9.12. The van der Waals surface area contributed by atoms with Crippen LogP contribution in [0, 0.1) is 0 Å². The molecule has 0 aromatic carbocycles. The van der Waals surface area contributed by atoms with E-state index in [-0.39, 0.29) is 6.04 Å². The van der Waals surface area contributed by atoms with Crippen LogP contribution in [0.5, 0.6) is 0 Å². The normalized spacial score (nSPS) is 15.1. The molecule has 5 N–H and O–H groups in total. The molecular formula is C10H23N3O. The Hall–Kier alpha value is -0.450. The largest absolute Gasteiger partial charge is 0.328 e. The lowest BCUT2D eigenvalue weighted by molar-refractivity contribution is -0.109. The standard InChI is InChI=1S/C10H23N3O/c1-9(11)4-2-3-6-13-7-5-10(12)8-14/h8-10,13H,2-7,11-12H2,1H3/t9?,10-/m0/s1. The lowest BCUT2D eigenvalue weighted by Crippen LogP contribution is -2.28. The van der Waals surface area contributed by atoms with E-state index in [2.05, 4.69) is 5.32 Å². The molecule has 14 heavy (non-hydrogen) atoms. The van der Waals surface area contributed by atoms with Crippen LogP contribution in [0.3, 0.4) is 0 Å². The molecule has 0 aliphatic rings. The van der Waals surface area contributed by atoms with Crippen molar-refractivity contribution in [2.24, 2.45) is 11.5 Å². The van der Waals surface area contributed by atoms with Crippen molar-refractivity contribution in [1.29, 1.82) is 0 Å². The smallest absolute Gasteiger partial charge is 0.136 e. The van der Waals surface area contributed by atoms with Crippen LogP contribution in [0.1, 0.15) is 32.6 Å². The Morgan fingerprint density at radius 1 is 1.21 bits per heavy atom. The van der Waals surface area contributed by atoms with Crippen LogP contribution in [0.25, 0.3) is 0 Å². The number of nitrogens with one attached hydrogen (secondary N) is 1. The number of hydrogen-bond donors (Lipinski definition) is 3. The summed E-state index contributed by atoms with van der Waals surface area (Å²) in [6.07, 6.45) is 4.88. The summed E-state index contributed by atoms with van der Waals surface area (Å²) in [7, 11) is 0. The van der Waals surface area contributed by atoms with Crippen LogP contribution < -0.4 is 16.8 Å². The molecule has 0 aromatic rings. The number of hydrogen-bond acceptors (Lipinski definition) is 4. The summed E-state index contributed by atoms with van der Waals surface area (Å²) < 4.78 is 0. The summed E-state index contributed by atoms with van der Waals surface area (Å²) >= 11 is 0. The average Bonchev–Trinajstić information content (AvgIpc) is 2.15. The second-order valence-electron chi connectivity index (χ2n) is 3.81. The fourth-order valence-corrected chi connectivity index (χ4v) is 1.18. The highest BCUT2D eigenvalue weighted by Gasteiger charge is 1.98. The number of carbonyl (C=O) groups is 1. The summed E-state index contributed by atoms with van der Waals surface area (Å²) in [6.45, 7) is 3.83. The molecule has 0 aromatic heterocycles. The van der Waals surface area contributed by atoms with Crippen molar-refractivity contribution >= 4 is 6.29 Å². The summed E-state index contributed by atoms with van der Waals surface area (Å²) in [5, 5.41) is 3.24. The highest BCUT2D eigenvalue weighted by Crippen LogP contribution is 1.96. The van der Waals surface area contributed by atoms with E-state index < -0.39 is 0 Å². The molecule has 0 fully saturated rings. The third kappa shape index (κ3) is 9.64. The third-order valence-electron chi connectivity index (χ3n) is 2.09. The molecule has 0 aliphatic heterocycles. The monoisotopic (exact) mass is 201 g/mol. The molecule has 0 saturated heterocycles. The molecular weight excluding hydrogens is 178 g/mol. The molecule has 0 aliphatic carbocycles. The third-order valence-corrected chi connectivity index (χ3v) is 2.09. The Morgan fingerprint density at radius 2 is 1.93 bits per heavy atom. The summed E-state index contributed by atoms with van der Waals surface area (Å²) in [4.78, 5) is 10.2. The average molecular weight is 201 g/mol. The summed E-state index contributed by atoms with van der Waals surface area (Å²) in [6, 6.07) is -0.00921. The van der Waals surface area contributed by atoms with E-state index in [4.69, 9.17) is 11.5 Å². The molecule has 0 spiro atoms. The summed E-state index contributed by atoms with van der Waals surface area (Å²) in [5.74, 6) is 0. The topological polar surface area (TPSA) is 81.1 Å². The lowest BCUT2D eigenvalue weighted by atomic mass is 10.1. The Bertz CT molecular complexity index is 139. The Morgan fingerprint density at radius 3 is 2.50 bits per heavy atom. The zero-order valence-electron chi connectivity index (χ0n) is 9.04. The van der Waals surface area contributed by atoms with E-state index in [9.17, 15) is 4.79 Å². The maximum atomic E-state index is 10.2. The summed E-state index contributed by atoms with van der Waals surface area (Å²) in [5.41, 5.74) is 11.0. The molecule has 0 saturated carbocycles. The van der Waals surface area contributed by atoms with Crippen molar-refractivity contribution in [3.05, 3.63) is 0 Å². The van der Waals surface area contributed by atoms with Crippen molar-refractivity contribution in [2.75, 3.05) is 13.1 Å². The molecule has 1 unspecified atom stereocenters. The quantitative estimate of drug-likeness (QED) is 0.362. The van der Waals surface area contributed by atoms with E-state index in [0.29, 0.717) is 6.04 Å². The minimum Gasteiger partial charge on any atom is -0.328 e. The van der Waals surface area contributed by atoms with Crippen LogP contribution in [-0.2, 0) is 4.79 Å². The fourth-order valence-electron chi connectivity index (χ4n) is 1.18. The van der Waals surface area contributed by atoms with Gasteiger partial charge < -0.3 is 21.6 Å². The highest BCUT2D eigenvalue weighted by molar-refractivity contribution is 5.56. The van der Waals surface area contributed by atoms with E-state index >= 15 is 0 Å². The van der Waals surface area contributed by atoms with Crippen molar-refractivity contribution < 1.29 is 4.79 Å². The van der Waals surface area contributed by atoms with Crippen LogP contribution >= 0.6 is 0 Å². The maximum absolute atomic E-state index is 10.2. The zero-order valence-corrected chi connectivity index (χ0v) is 9.04. The van der Waals surface area contributed by atoms with Crippen molar-refractivity contribution in [1.82, 2.24) is 5.32 Å². The second-order valence-corrected chi connectivity index (χ2v) is 3.81. The van der Waals surface area contributed by atoms with Crippen LogP contribution in [-0.4, -0.2) is 31.5 Å². The van der Waals surface area contributed by atoms with Gasteiger partial charge in [-0.25, -0.2) is 0 Å². The minimum absolute atomic E-state index is 0.304. The lowest BCUT2D eigenvalue weighted by Gasteiger charge is -2.07. The number of unbranched alkanes of at least 4 members (excludes halogenated alkanes) is 1. The Labute approximate surface area is 86.4 Å². The molecule has 2 atom stereocenters. The van der Waals surface area contributed by atoms with Crippen LogP contribution in [0.15, 0.2) is 0 Å². The molecule has 4 nitrogen and oxygen atoms in total. The number of carbonyl (C=O) groups excluding carboxylic acids is 1. The van der Waals surface area contributed by atoms with Gasteiger partial charge in [0.15, 0.2) is 0 Å². The van der Waals surface area contributed by atoms with Crippen molar-refractivity contribution in [2.45, 2.75) is 44.7 Å². The Balaban J connectivity index is 3.02. The van der Waals surface area contributed by atoms with Gasteiger partial charge in [0.05, 0.1) is 6.04 Å². The van der Waals surface area contributed by atoms with Gasteiger partial charge in [-0.3, -0.25) is 0 Å². The van der Waals surface area contributed by atoms with Crippen molar-refractivity contribution in [3.8, 4) is 0 Å². The van der Waals surface area contributed by atoms with E-state index in [1.165, 1.54) is 0 Å². The first kappa shape index (κ1) is 13.5. The van der Waals surface area contributed by atoms with E-state index in [0.717, 1.165) is 45.1 Å². The SMILES string of the molecule is CC(N)CCCCNCC[C@H](N)C=O. The number of rotatable bonds is 9. The zero-order chi connectivity index (χ0) is 10.8. The van der Waals surface area contributed by atoms with Gasteiger partial charge in [-0.1, -0.05) is 6.42 Å². The van der Waals surface area contributed by atoms with Gasteiger partial charge in [0.2, 0.25) is 0 Å². The van der Waals surface area contributed by atoms with Gasteiger partial charge in [0.25, 0.3) is 0 Å². The van der Waals surface area contributed by atoms with Crippen molar-refractivity contribution in [3.63, 3.8) is 0 Å². The van der Waals surface area contributed by atoms with Gasteiger partial charge in [0.1, 0.15) is 6.29 Å². The molecule has 4 heteroatoms. The van der Waals surface area contributed by atoms with E-state index in [1.807, 2.05) is 6.92 Å². The maximum Gasteiger partial charge on any atom is 0.136 e. The first-order valence-corrected chi connectivity index (χ1v) is 5.34.